The molecule has 0 saturated carbocycles. The molecule has 132 valence electrons. The van der Waals surface area contributed by atoms with E-state index in [0.717, 1.165) is 10.9 Å². The number of fused-ring (bicyclic) bond motifs is 2. The van der Waals surface area contributed by atoms with Gasteiger partial charge >= 0.3 is 0 Å². The number of rotatable bonds is 3. The first-order valence-electron chi connectivity index (χ1n) is 8.34. The third kappa shape index (κ3) is 2.69. The fraction of sp³-hybridized carbons (Fsp3) is 0.200. The van der Waals surface area contributed by atoms with E-state index in [-0.39, 0.29) is 23.7 Å². The van der Waals surface area contributed by atoms with Gasteiger partial charge in [0.25, 0.3) is 0 Å². The Morgan fingerprint density at radius 2 is 2.08 bits per heavy atom. The highest BCUT2D eigenvalue weighted by Gasteiger charge is 2.36. The highest BCUT2D eigenvalue weighted by atomic mass is 16.5. The van der Waals surface area contributed by atoms with Crippen LogP contribution in [0.1, 0.15) is 18.4 Å². The lowest BCUT2D eigenvalue weighted by Crippen LogP contribution is -2.31. The third-order valence-electron chi connectivity index (χ3n) is 4.55. The van der Waals surface area contributed by atoms with E-state index in [1.165, 1.54) is 0 Å². The molecule has 2 aromatic carbocycles. The molecule has 1 aliphatic rings. The summed E-state index contributed by atoms with van der Waals surface area (Å²) >= 11 is 0. The van der Waals surface area contributed by atoms with Gasteiger partial charge in [0.1, 0.15) is 35.0 Å². The second-order valence-electron chi connectivity index (χ2n) is 6.23. The molecule has 2 atom stereocenters. The van der Waals surface area contributed by atoms with E-state index in [2.05, 4.69) is 10.3 Å². The van der Waals surface area contributed by atoms with E-state index in [1.807, 2.05) is 19.1 Å². The maximum Gasteiger partial charge on any atom is 0.231 e. The third-order valence-corrected chi connectivity index (χ3v) is 4.55. The summed E-state index contributed by atoms with van der Waals surface area (Å²) in [7, 11) is 1.62. The van der Waals surface area contributed by atoms with Gasteiger partial charge in [-0.15, -0.1) is 0 Å². The number of carbonyl (C=O) groups excluding carboxylic acids is 1. The van der Waals surface area contributed by atoms with Crippen LogP contribution in [0.2, 0.25) is 0 Å². The molecule has 4 rings (SSSR count). The van der Waals surface area contributed by atoms with E-state index in [9.17, 15) is 9.90 Å². The normalized spacial score (nSPS) is 18.2. The minimum absolute atomic E-state index is 0.0650. The van der Waals surface area contributed by atoms with Crippen molar-refractivity contribution in [2.45, 2.75) is 18.9 Å². The summed E-state index contributed by atoms with van der Waals surface area (Å²) in [5.74, 6) is 1.65. The predicted octanol–water partition coefficient (Wildman–Crippen LogP) is 3.34. The molecule has 0 fully saturated rings. The Kier molecular flexibility index (Phi) is 3.88. The zero-order valence-corrected chi connectivity index (χ0v) is 14.4. The van der Waals surface area contributed by atoms with Crippen LogP contribution in [0.5, 0.6) is 23.0 Å². The van der Waals surface area contributed by atoms with Crippen LogP contribution < -0.4 is 14.8 Å². The van der Waals surface area contributed by atoms with Gasteiger partial charge in [0.15, 0.2) is 0 Å². The molecule has 6 nitrogen and oxygen atoms in total. The summed E-state index contributed by atoms with van der Waals surface area (Å²) in [6.45, 7) is 1.88. The molecule has 3 aromatic rings. The summed E-state index contributed by atoms with van der Waals surface area (Å²) < 4.78 is 11.8. The van der Waals surface area contributed by atoms with Gasteiger partial charge in [0.05, 0.1) is 5.52 Å². The van der Waals surface area contributed by atoms with Gasteiger partial charge in [-0.2, -0.15) is 0 Å². The molecular formula is C20H18N2O4. The van der Waals surface area contributed by atoms with Crippen molar-refractivity contribution in [3.05, 3.63) is 54.2 Å². The fourth-order valence-electron chi connectivity index (χ4n) is 3.29. The molecule has 0 spiro atoms. The van der Waals surface area contributed by atoms with Crippen molar-refractivity contribution in [2.24, 2.45) is 0 Å². The lowest BCUT2D eigenvalue weighted by atomic mass is 9.95. The second-order valence-corrected chi connectivity index (χ2v) is 6.23. The molecule has 1 aromatic heterocycles. The lowest BCUT2D eigenvalue weighted by molar-refractivity contribution is -0.123. The van der Waals surface area contributed by atoms with E-state index in [1.54, 1.807) is 43.6 Å². The maximum atomic E-state index is 12.1. The number of nitrogens with one attached hydrogen (secondary N) is 1. The van der Waals surface area contributed by atoms with Crippen LogP contribution in [0.25, 0.3) is 10.9 Å². The van der Waals surface area contributed by atoms with E-state index >= 15 is 0 Å². The smallest absolute Gasteiger partial charge is 0.231 e. The van der Waals surface area contributed by atoms with Crippen LogP contribution >= 0.6 is 0 Å². The van der Waals surface area contributed by atoms with Crippen molar-refractivity contribution in [1.82, 2.24) is 10.3 Å². The van der Waals surface area contributed by atoms with Gasteiger partial charge in [-0.3, -0.25) is 9.78 Å². The largest absolute Gasteiger partial charge is 0.508 e. The number of likely N-dealkylation sites (N-methyl/N-ethyl adjacent to an activating group) is 1. The number of aromatic nitrogens is 1. The standard InChI is InChI=1S/C20H18N2O4/c1-11-19(20(24)21-2)15-6-4-13(10-18(15)25-11)26-17-7-8-22-16-9-12(23)3-5-14(16)17/h3-11,19,23H,1-2H3,(H,21,24). The molecule has 0 bridgehead atoms. The highest BCUT2D eigenvalue weighted by molar-refractivity contribution is 5.87. The van der Waals surface area contributed by atoms with Crippen LogP contribution in [0, 0.1) is 0 Å². The Morgan fingerprint density at radius 1 is 1.23 bits per heavy atom. The quantitative estimate of drug-likeness (QED) is 0.757. The SMILES string of the molecule is CNC(=O)C1c2ccc(Oc3ccnc4cc(O)ccc34)cc2OC1C. The van der Waals surface area contributed by atoms with Crippen LogP contribution in [-0.2, 0) is 4.79 Å². The van der Waals surface area contributed by atoms with Crippen molar-refractivity contribution < 1.29 is 19.4 Å². The molecule has 0 saturated heterocycles. The molecule has 0 aliphatic carbocycles. The summed E-state index contributed by atoms with van der Waals surface area (Å²) in [5.41, 5.74) is 1.50. The Labute approximate surface area is 150 Å². The number of phenols is 1. The number of carbonyl (C=O) groups is 1. The van der Waals surface area contributed by atoms with E-state index in [0.29, 0.717) is 22.8 Å². The average molecular weight is 350 g/mol. The molecule has 1 amide bonds. The fourth-order valence-corrected chi connectivity index (χ4v) is 3.29. The zero-order valence-electron chi connectivity index (χ0n) is 14.4. The van der Waals surface area contributed by atoms with Crippen LogP contribution in [-0.4, -0.2) is 29.1 Å². The highest BCUT2D eigenvalue weighted by Crippen LogP contribution is 2.41. The topological polar surface area (TPSA) is 80.7 Å². The van der Waals surface area contributed by atoms with E-state index in [4.69, 9.17) is 9.47 Å². The molecule has 2 N–H and O–H groups in total. The minimum Gasteiger partial charge on any atom is -0.508 e. The second kappa shape index (κ2) is 6.22. The molecule has 2 heterocycles. The Morgan fingerprint density at radius 3 is 2.88 bits per heavy atom. The van der Waals surface area contributed by atoms with Crippen LogP contribution in [0.15, 0.2) is 48.7 Å². The van der Waals surface area contributed by atoms with Gasteiger partial charge in [0, 0.05) is 36.3 Å². The number of pyridine rings is 1. The number of benzene rings is 2. The number of ether oxygens (including phenoxy) is 2. The van der Waals surface area contributed by atoms with Gasteiger partial charge in [-0.25, -0.2) is 0 Å². The lowest BCUT2D eigenvalue weighted by Gasteiger charge is -2.12. The maximum absolute atomic E-state index is 12.1. The molecule has 26 heavy (non-hydrogen) atoms. The van der Waals surface area contributed by atoms with E-state index < -0.39 is 0 Å². The average Bonchev–Trinajstić information content (AvgIpc) is 2.96. The number of nitrogens with zero attached hydrogens (tertiary/aromatic N) is 1. The van der Waals surface area contributed by atoms with Crippen LogP contribution in [0.3, 0.4) is 0 Å². The van der Waals surface area contributed by atoms with Crippen molar-refractivity contribution in [2.75, 3.05) is 7.05 Å². The first kappa shape index (κ1) is 16.2. The summed E-state index contributed by atoms with van der Waals surface area (Å²) in [5, 5.41) is 13.1. The molecule has 2 unspecified atom stereocenters. The number of hydrogen-bond donors (Lipinski definition) is 2. The molecular weight excluding hydrogens is 332 g/mol. The summed E-state index contributed by atoms with van der Waals surface area (Å²) in [6.07, 6.45) is 1.40. The van der Waals surface area contributed by atoms with Crippen LogP contribution in [0.4, 0.5) is 0 Å². The predicted molar refractivity (Wildman–Crippen MR) is 96.8 cm³/mol. The van der Waals surface area contributed by atoms with Crippen molar-refractivity contribution in [3.63, 3.8) is 0 Å². The first-order chi connectivity index (χ1) is 12.6. The minimum atomic E-state index is -0.325. The molecule has 0 radical (unpaired) electrons. The number of hydrogen-bond acceptors (Lipinski definition) is 5. The first-order valence-corrected chi connectivity index (χ1v) is 8.34. The van der Waals surface area contributed by atoms with Crippen molar-refractivity contribution in [1.29, 1.82) is 0 Å². The molecule has 1 aliphatic heterocycles. The number of aromatic hydroxyl groups is 1. The molecule has 6 heteroatoms. The monoisotopic (exact) mass is 350 g/mol. The number of amides is 1. The van der Waals surface area contributed by atoms with Gasteiger partial charge in [0.2, 0.25) is 5.91 Å². The Hall–Kier alpha value is -3.28. The van der Waals surface area contributed by atoms with Gasteiger partial charge in [-0.05, 0) is 31.2 Å². The Bertz CT molecular complexity index is 1000. The number of phenolic OH excluding ortho intramolecular Hbond substituents is 1. The Balaban J connectivity index is 1.67. The summed E-state index contributed by atoms with van der Waals surface area (Å²) in [4.78, 5) is 16.3. The summed E-state index contributed by atoms with van der Waals surface area (Å²) in [6, 6.07) is 12.2. The van der Waals surface area contributed by atoms with Crippen molar-refractivity contribution >= 4 is 16.8 Å². The van der Waals surface area contributed by atoms with Crippen molar-refractivity contribution in [3.8, 4) is 23.0 Å². The zero-order chi connectivity index (χ0) is 18.3. The van der Waals surface area contributed by atoms with Gasteiger partial charge in [-0.1, -0.05) is 6.07 Å². The van der Waals surface area contributed by atoms with Gasteiger partial charge < -0.3 is 19.9 Å².